The molecule has 0 bridgehead atoms. The van der Waals surface area contributed by atoms with Gasteiger partial charge in [-0.2, -0.15) is 0 Å². The highest BCUT2D eigenvalue weighted by atomic mass is 32.2. The third-order valence-corrected chi connectivity index (χ3v) is 10.9. The second-order valence-electron chi connectivity index (χ2n) is 8.53. The quantitative estimate of drug-likeness (QED) is 0.266. The number of thiocarbonyl (C=S) groups is 2. The van der Waals surface area contributed by atoms with Crippen molar-refractivity contribution in [2.75, 3.05) is 36.8 Å². The minimum Gasteiger partial charge on any atom is -0.383 e. The fourth-order valence-corrected chi connectivity index (χ4v) is 8.05. The molecule has 4 rings (SSSR count). The highest BCUT2D eigenvalue weighted by molar-refractivity contribution is 8.24. The number of nitrogens with one attached hydrogen (secondary N) is 2. The number of sulfone groups is 1. The highest BCUT2D eigenvalue weighted by Gasteiger charge is 2.36. The van der Waals surface area contributed by atoms with Crippen LogP contribution in [0.2, 0.25) is 0 Å². The Labute approximate surface area is 247 Å². The zero-order valence-corrected chi connectivity index (χ0v) is 24.8. The first-order valence-electron chi connectivity index (χ1n) is 11.8. The summed E-state index contributed by atoms with van der Waals surface area (Å²) < 4.78 is 27.4. The Bertz CT molecular complexity index is 1310. The van der Waals surface area contributed by atoms with Gasteiger partial charge < -0.3 is 10.6 Å². The van der Waals surface area contributed by atoms with Gasteiger partial charge in [0.25, 0.3) is 0 Å². The SMILES string of the molecule is C=CCN1C(=O)C(CNc2ccc(S(=O)(=O)c3ccc(NCC4SC(=S)N(CC=C)C4=O)cc3)cc2)SC1=S. The number of carbonyl (C=O) groups excluding carboxylic acids is 2. The van der Waals surface area contributed by atoms with Gasteiger partial charge in [0.05, 0.1) is 9.79 Å². The van der Waals surface area contributed by atoms with Crippen LogP contribution in [-0.4, -0.2) is 75.4 Å². The standard InChI is InChI=1S/C26H26N4O4S5/c1-3-13-29-23(31)21(37-25(29)35)15-27-17-5-9-19(10-6-17)39(33,34)20-11-7-18(8-12-20)28-16-22-24(32)30(14-4-2)26(36)38-22/h3-12,21-22,27-28H,1-2,13-16H2. The van der Waals surface area contributed by atoms with Gasteiger partial charge >= 0.3 is 0 Å². The number of anilines is 2. The largest absolute Gasteiger partial charge is 0.383 e. The summed E-state index contributed by atoms with van der Waals surface area (Å²) in [5.74, 6) is -0.137. The maximum atomic E-state index is 13.2. The molecule has 204 valence electrons. The molecule has 2 fully saturated rings. The Hall–Kier alpha value is -2.71. The lowest BCUT2D eigenvalue weighted by atomic mass is 10.3. The van der Waals surface area contributed by atoms with E-state index in [9.17, 15) is 18.0 Å². The molecule has 2 aromatic carbocycles. The summed E-state index contributed by atoms with van der Waals surface area (Å²) in [5, 5.41) is 5.67. The van der Waals surface area contributed by atoms with Gasteiger partial charge in [0.1, 0.15) is 19.1 Å². The zero-order valence-electron chi connectivity index (χ0n) is 20.7. The molecule has 0 spiro atoms. The van der Waals surface area contributed by atoms with Crippen LogP contribution in [0, 0.1) is 0 Å². The first-order chi connectivity index (χ1) is 18.6. The third kappa shape index (κ3) is 6.55. The molecule has 2 N–H and O–H groups in total. The predicted octanol–water partition coefficient (Wildman–Crippen LogP) is 4.17. The Kier molecular flexibility index (Phi) is 9.49. The summed E-state index contributed by atoms with van der Waals surface area (Å²) >= 11 is 13.2. The van der Waals surface area contributed by atoms with Crippen molar-refractivity contribution in [2.45, 2.75) is 20.3 Å². The summed E-state index contributed by atoms with van der Waals surface area (Å²) in [6.45, 7) is 8.79. The molecule has 8 nitrogen and oxygen atoms in total. The van der Waals surface area contributed by atoms with Crippen molar-refractivity contribution in [3.05, 3.63) is 73.8 Å². The smallest absolute Gasteiger partial charge is 0.243 e. The van der Waals surface area contributed by atoms with Gasteiger partial charge in [-0.15, -0.1) is 13.2 Å². The monoisotopic (exact) mass is 618 g/mol. The molecule has 2 unspecified atom stereocenters. The average molecular weight is 619 g/mol. The molecule has 2 heterocycles. The van der Waals surface area contributed by atoms with Gasteiger partial charge in [-0.3, -0.25) is 19.4 Å². The van der Waals surface area contributed by atoms with E-state index in [1.54, 1.807) is 36.4 Å². The second kappa shape index (κ2) is 12.6. The van der Waals surface area contributed by atoms with E-state index in [0.717, 1.165) is 0 Å². The van der Waals surface area contributed by atoms with Crippen LogP contribution in [-0.2, 0) is 19.4 Å². The average Bonchev–Trinajstić information content (AvgIpc) is 3.36. The van der Waals surface area contributed by atoms with Crippen molar-refractivity contribution < 1.29 is 18.0 Å². The molecule has 13 heteroatoms. The molecule has 2 aliphatic rings. The van der Waals surface area contributed by atoms with E-state index >= 15 is 0 Å². The lowest BCUT2D eigenvalue weighted by molar-refractivity contribution is -0.126. The second-order valence-corrected chi connectivity index (χ2v) is 14.2. The summed E-state index contributed by atoms with van der Waals surface area (Å²) in [4.78, 5) is 28.3. The molecule has 2 amide bonds. The van der Waals surface area contributed by atoms with Crippen molar-refractivity contribution in [2.24, 2.45) is 0 Å². The van der Waals surface area contributed by atoms with E-state index in [0.29, 0.717) is 46.2 Å². The third-order valence-electron chi connectivity index (χ3n) is 5.95. The van der Waals surface area contributed by atoms with E-state index in [1.165, 1.54) is 57.6 Å². The van der Waals surface area contributed by atoms with Gasteiger partial charge in [-0.05, 0) is 48.5 Å². The van der Waals surface area contributed by atoms with Crippen molar-refractivity contribution >= 4 is 89.6 Å². The van der Waals surface area contributed by atoms with E-state index in [-0.39, 0.29) is 32.1 Å². The molecule has 2 atom stereocenters. The maximum Gasteiger partial charge on any atom is 0.243 e. The van der Waals surface area contributed by atoms with Crippen LogP contribution in [0.1, 0.15) is 0 Å². The number of hydrogen-bond acceptors (Lipinski definition) is 10. The number of rotatable bonds is 12. The van der Waals surface area contributed by atoms with E-state index in [4.69, 9.17) is 24.4 Å². The van der Waals surface area contributed by atoms with Crippen LogP contribution in [0.25, 0.3) is 0 Å². The van der Waals surface area contributed by atoms with Crippen molar-refractivity contribution in [3.63, 3.8) is 0 Å². The van der Waals surface area contributed by atoms with Crippen LogP contribution in [0.4, 0.5) is 11.4 Å². The lowest BCUT2D eigenvalue weighted by Crippen LogP contribution is -2.34. The number of amides is 2. The summed E-state index contributed by atoms with van der Waals surface area (Å²) in [6, 6.07) is 12.8. The van der Waals surface area contributed by atoms with Crippen molar-refractivity contribution in [1.82, 2.24) is 9.80 Å². The Morgan fingerprint density at radius 3 is 1.44 bits per heavy atom. The molecule has 0 saturated carbocycles. The normalized spacial score (nSPS) is 19.5. The topological polar surface area (TPSA) is 98.8 Å². The summed E-state index contributed by atoms with van der Waals surface area (Å²) in [7, 11) is -3.73. The van der Waals surface area contributed by atoms with E-state index in [2.05, 4.69) is 23.8 Å². The molecule has 0 aliphatic carbocycles. The summed E-state index contributed by atoms with van der Waals surface area (Å²) in [5.41, 5.74) is 1.39. The zero-order chi connectivity index (χ0) is 28.2. The Balaban J connectivity index is 1.33. The van der Waals surface area contributed by atoms with Crippen LogP contribution in [0.3, 0.4) is 0 Å². The minimum atomic E-state index is -3.73. The van der Waals surface area contributed by atoms with Crippen LogP contribution in [0.5, 0.6) is 0 Å². The fourth-order valence-electron chi connectivity index (χ4n) is 3.91. The molecule has 2 aromatic rings. The minimum absolute atomic E-state index is 0.0683. The number of carbonyl (C=O) groups is 2. The van der Waals surface area contributed by atoms with Gasteiger partial charge in [0.15, 0.2) is 0 Å². The van der Waals surface area contributed by atoms with Crippen LogP contribution in [0.15, 0.2) is 83.6 Å². The van der Waals surface area contributed by atoms with E-state index < -0.39 is 9.84 Å². The lowest BCUT2D eigenvalue weighted by Gasteiger charge is -2.14. The maximum absolute atomic E-state index is 13.2. The molecule has 2 aliphatic heterocycles. The van der Waals surface area contributed by atoms with Gasteiger partial charge in [0, 0.05) is 37.6 Å². The Morgan fingerprint density at radius 1 is 0.744 bits per heavy atom. The summed E-state index contributed by atoms with van der Waals surface area (Å²) in [6.07, 6.45) is 3.27. The van der Waals surface area contributed by atoms with Crippen LogP contribution < -0.4 is 10.6 Å². The fraction of sp³-hybridized carbons (Fsp3) is 0.231. The molecule has 0 radical (unpaired) electrons. The molecule has 2 saturated heterocycles. The van der Waals surface area contributed by atoms with Crippen molar-refractivity contribution in [1.29, 1.82) is 0 Å². The van der Waals surface area contributed by atoms with Gasteiger partial charge in [-0.1, -0.05) is 60.1 Å². The Morgan fingerprint density at radius 2 is 1.10 bits per heavy atom. The van der Waals surface area contributed by atoms with Gasteiger partial charge in [0.2, 0.25) is 21.7 Å². The molecular formula is C26H26N4O4S5. The van der Waals surface area contributed by atoms with E-state index in [1.807, 2.05) is 0 Å². The molecule has 39 heavy (non-hydrogen) atoms. The molecular weight excluding hydrogens is 593 g/mol. The van der Waals surface area contributed by atoms with Gasteiger partial charge in [-0.25, -0.2) is 8.42 Å². The first kappa shape index (κ1) is 29.3. The van der Waals surface area contributed by atoms with Crippen LogP contribution >= 0.6 is 48.0 Å². The van der Waals surface area contributed by atoms with Crippen molar-refractivity contribution in [3.8, 4) is 0 Å². The molecule has 0 aromatic heterocycles. The predicted molar refractivity (Wildman–Crippen MR) is 167 cm³/mol. The number of nitrogens with zero attached hydrogens (tertiary/aromatic N) is 2. The number of thioether (sulfide) groups is 2. The number of hydrogen-bond donors (Lipinski definition) is 2. The highest BCUT2D eigenvalue weighted by Crippen LogP contribution is 2.29. The first-order valence-corrected chi connectivity index (χ1v) is 15.9. The number of benzene rings is 2.